The normalized spacial score (nSPS) is 12.7. The Bertz CT molecular complexity index is 1490. The molecule has 262 valence electrons. The molecule has 0 unspecified atom stereocenters. The third kappa shape index (κ3) is 13.4. The molecule has 3 aromatic carbocycles. The van der Waals surface area contributed by atoms with Crippen molar-refractivity contribution in [3.8, 4) is 11.1 Å². The second-order valence-electron chi connectivity index (χ2n) is 10.7. The Hall–Kier alpha value is -3.12. The number of hydrogen-bond acceptors (Lipinski definition) is 10. The van der Waals surface area contributed by atoms with Gasteiger partial charge >= 0.3 is 12.1 Å². The standard InChI is InChI=1S/C27H35IN2O7.C7H8O3S/c1-33-12-13-34-14-15-35-18-20(16-29-17-26(31)36-11-10-28)30-27(32)37-19-25-23-8-4-2-6-21(23)22-7-3-5-9-24(22)25;1-6-2-4-7(5-3-6)11(8,9)10/h2-9,20,25,29H,10-19H2,1H3,(H,30,32);2-5H,1H3,(H,8,9,10)/t20-;/m1./s1. The number of alkyl carbamates (subject to hydrolysis) is 1. The van der Waals surface area contributed by atoms with Gasteiger partial charge < -0.3 is 34.3 Å². The predicted octanol–water partition coefficient (Wildman–Crippen LogP) is 4.38. The van der Waals surface area contributed by atoms with Gasteiger partial charge in [-0.3, -0.25) is 9.35 Å². The third-order valence-corrected chi connectivity index (χ3v) is 8.42. The van der Waals surface area contributed by atoms with Crippen molar-refractivity contribution in [3.63, 3.8) is 0 Å². The molecular formula is C34H43IN2O10S. The van der Waals surface area contributed by atoms with E-state index >= 15 is 0 Å². The van der Waals surface area contributed by atoms with Crippen molar-refractivity contribution in [2.24, 2.45) is 0 Å². The van der Waals surface area contributed by atoms with E-state index in [1.165, 1.54) is 23.3 Å². The van der Waals surface area contributed by atoms with Gasteiger partial charge in [-0.25, -0.2) is 4.79 Å². The van der Waals surface area contributed by atoms with Gasteiger partial charge in [-0.15, -0.1) is 0 Å². The molecule has 0 saturated carbocycles. The number of esters is 1. The highest BCUT2D eigenvalue weighted by Gasteiger charge is 2.29. The highest BCUT2D eigenvalue weighted by Crippen LogP contribution is 2.44. The number of methoxy groups -OCH3 is 1. The Labute approximate surface area is 295 Å². The lowest BCUT2D eigenvalue weighted by Crippen LogP contribution is -2.46. The zero-order chi connectivity index (χ0) is 34.8. The minimum Gasteiger partial charge on any atom is -0.464 e. The molecule has 0 fully saturated rings. The Morgan fingerprint density at radius 3 is 2.06 bits per heavy atom. The van der Waals surface area contributed by atoms with Crippen LogP contribution in [0.3, 0.4) is 0 Å². The van der Waals surface area contributed by atoms with E-state index in [9.17, 15) is 18.0 Å². The van der Waals surface area contributed by atoms with Crippen molar-refractivity contribution in [1.29, 1.82) is 0 Å². The van der Waals surface area contributed by atoms with Crippen LogP contribution in [0.4, 0.5) is 4.79 Å². The van der Waals surface area contributed by atoms with Gasteiger partial charge in [0.05, 0.1) is 50.5 Å². The minimum absolute atomic E-state index is 0.0251. The van der Waals surface area contributed by atoms with E-state index in [0.717, 1.165) is 21.1 Å². The number of benzene rings is 3. The Kier molecular flexibility index (Phi) is 17.3. The van der Waals surface area contributed by atoms with Crippen LogP contribution in [0.1, 0.15) is 22.6 Å². The zero-order valence-electron chi connectivity index (χ0n) is 27.1. The van der Waals surface area contributed by atoms with E-state index < -0.39 is 22.3 Å². The molecule has 4 rings (SSSR count). The summed E-state index contributed by atoms with van der Waals surface area (Å²) in [6.45, 7) is 4.80. The molecule has 12 nitrogen and oxygen atoms in total. The summed E-state index contributed by atoms with van der Waals surface area (Å²) in [7, 11) is -2.40. The van der Waals surface area contributed by atoms with E-state index in [1.807, 2.05) is 31.2 Å². The number of rotatable bonds is 18. The van der Waals surface area contributed by atoms with E-state index in [1.54, 1.807) is 19.2 Å². The van der Waals surface area contributed by atoms with Gasteiger partial charge in [0.25, 0.3) is 10.1 Å². The molecule has 3 aromatic rings. The van der Waals surface area contributed by atoms with Gasteiger partial charge in [0, 0.05) is 24.0 Å². The SMILES string of the molecule is COCCOCCOC[C@@H](CNCC(=O)OCCI)NC(=O)OCC1c2ccccc2-c2ccccc21.Cc1ccc(S(=O)(=O)O)cc1. The van der Waals surface area contributed by atoms with Crippen LogP contribution in [0.15, 0.2) is 77.7 Å². The van der Waals surface area contributed by atoms with Crippen LogP contribution in [0.25, 0.3) is 11.1 Å². The molecule has 0 aromatic heterocycles. The summed E-state index contributed by atoms with van der Waals surface area (Å²) in [5.74, 6) is -0.369. The first-order valence-electron chi connectivity index (χ1n) is 15.4. The second-order valence-corrected chi connectivity index (χ2v) is 13.2. The first-order chi connectivity index (χ1) is 23.1. The summed E-state index contributed by atoms with van der Waals surface area (Å²) >= 11 is 2.14. The average molecular weight is 799 g/mol. The Morgan fingerprint density at radius 1 is 0.854 bits per heavy atom. The van der Waals surface area contributed by atoms with Crippen molar-refractivity contribution in [2.45, 2.75) is 23.8 Å². The maximum atomic E-state index is 12.7. The number of amides is 1. The number of nitrogens with one attached hydrogen (secondary N) is 2. The van der Waals surface area contributed by atoms with Crippen LogP contribution in [0.5, 0.6) is 0 Å². The topological polar surface area (TPSA) is 159 Å². The van der Waals surface area contributed by atoms with E-state index in [2.05, 4.69) is 57.5 Å². The third-order valence-electron chi connectivity index (χ3n) is 7.11. The van der Waals surface area contributed by atoms with Gasteiger partial charge in [-0.05, 0) is 41.3 Å². The smallest absolute Gasteiger partial charge is 0.407 e. The molecule has 0 radical (unpaired) electrons. The maximum absolute atomic E-state index is 12.7. The molecule has 1 amide bonds. The molecule has 0 spiro atoms. The monoisotopic (exact) mass is 798 g/mol. The van der Waals surface area contributed by atoms with Crippen molar-refractivity contribution in [2.75, 3.05) is 70.9 Å². The predicted molar refractivity (Wildman–Crippen MR) is 189 cm³/mol. The Balaban J connectivity index is 0.000000480. The van der Waals surface area contributed by atoms with Gasteiger partial charge in [0.15, 0.2) is 0 Å². The first-order valence-corrected chi connectivity index (χ1v) is 18.3. The first kappa shape index (κ1) is 39.3. The number of hydrogen-bond donors (Lipinski definition) is 3. The number of fused-ring (bicyclic) bond motifs is 3. The molecule has 0 heterocycles. The minimum atomic E-state index is -4.02. The lowest BCUT2D eigenvalue weighted by Gasteiger charge is -2.20. The van der Waals surface area contributed by atoms with Crippen LogP contribution in [-0.2, 0) is 38.6 Å². The van der Waals surface area contributed by atoms with Gasteiger partial charge in [-0.2, -0.15) is 8.42 Å². The zero-order valence-corrected chi connectivity index (χ0v) is 30.0. The molecular weight excluding hydrogens is 755 g/mol. The van der Waals surface area contributed by atoms with Crippen LogP contribution in [0, 0.1) is 6.92 Å². The maximum Gasteiger partial charge on any atom is 0.407 e. The van der Waals surface area contributed by atoms with Crippen molar-refractivity contribution >= 4 is 44.8 Å². The van der Waals surface area contributed by atoms with Crippen LogP contribution in [-0.4, -0.2) is 102 Å². The molecule has 1 atom stereocenters. The number of aryl methyl sites for hydroxylation is 1. The van der Waals surface area contributed by atoms with Gasteiger partial charge in [0.2, 0.25) is 0 Å². The highest BCUT2D eigenvalue weighted by atomic mass is 127. The summed E-state index contributed by atoms with van der Waals surface area (Å²) in [6, 6.07) is 22.0. The number of ether oxygens (including phenoxy) is 5. The number of carbonyl (C=O) groups excluding carboxylic acids is 2. The van der Waals surface area contributed by atoms with E-state index in [-0.39, 0.29) is 36.5 Å². The summed E-state index contributed by atoms with van der Waals surface area (Å²) < 4.78 is 57.0. The van der Waals surface area contributed by atoms with E-state index in [4.69, 9.17) is 28.2 Å². The highest BCUT2D eigenvalue weighted by molar-refractivity contribution is 14.1. The lowest BCUT2D eigenvalue weighted by molar-refractivity contribution is -0.141. The fraction of sp³-hybridized carbons (Fsp3) is 0.412. The summed E-state index contributed by atoms with van der Waals surface area (Å²) in [5, 5.41) is 5.87. The molecule has 1 aliphatic rings. The quantitative estimate of drug-likeness (QED) is 0.0552. The molecule has 0 bridgehead atoms. The summed E-state index contributed by atoms with van der Waals surface area (Å²) in [6.07, 6.45) is -0.541. The molecule has 3 N–H and O–H groups in total. The number of alkyl halides is 1. The average Bonchev–Trinajstić information content (AvgIpc) is 3.39. The van der Waals surface area contributed by atoms with Crippen LogP contribution in [0.2, 0.25) is 0 Å². The molecule has 48 heavy (non-hydrogen) atoms. The van der Waals surface area contributed by atoms with Crippen molar-refractivity contribution in [3.05, 3.63) is 89.5 Å². The fourth-order valence-electron chi connectivity index (χ4n) is 4.81. The fourth-order valence-corrected chi connectivity index (χ4v) is 5.51. The largest absolute Gasteiger partial charge is 0.464 e. The van der Waals surface area contributed by atoms with Crippen LogP contribution >= 0.6 is 22.6 Å². The summed E-state index contributed by atoms with van der Waals surface area (Å²) in [5.41, 5.74) is 5.60. The molecule has 0 saturated heterocycles. The van der Waals surface area contributed by atoms with E-state index in [0.29, 0.717) is 39.6 Å². The Morgan fingerprint density at radius 2 is 1.46 bits per heavy atom. The summed E-state index contributed by atoms with van der Waals surface area (Å²) in [4.78, 5) is 24.4. The molecule has 14 heteroatoms. The van der Waals surface area contributed by atoms with Gasteiger partial charge in [0.1, 0.15) is 13.2 Å². The molecule has 1 aliphatic carbocycles. The lowest BCUT2D eigenvalue weighted by atomic mass is 9.98. The van der Waals surface area contributed by atoms with Crippen molar-refractivity contribution < 1.29 is 46.2 Å². The number of carbonyl (C=O) groups is 2. The number of halogens is 1. The van der Waals surface area contributed by atoms with Gasteiger partial charge in [-0.1, -0.05) is 88.8 Å². The van der Waals surface area contributed by atoms with Crippen molar-refractivity contribution in [1.82, 2.24) is 10.6 Å². The van der Waals surface area contributed by atoms with Crippen LogP contribution < -0.4 is 10.6 Å². The molecule has 0 aliphatic heterocycles. The second kappa shape index (κ2) is 21.1.